The van der Waals surface area contributed by atoms with Crippen LogP contribution in [0.2, 0.25) is 0 Å². The van der Waals surface area contributed by atoms with Crippen LogP contribution in [0.3, 0.4) is 0 Å². The Labute approximate surface area is 210 Å². The van der Waals surface area contributed by atoms with Crippen LogP contribution < -0.4 is 20.3 Å². The van der Waals surface area contributed by atoms with Crippen LogP contribution in [-0.4, -0.2) is 47.1 Å². The molecule has 1 aromatic heterocycles. The van der Waals surface area contributed by atoms with Crippen LogP contribution >= 0.6 is 0 Å². The Kier molecular flexibility index (Phi) is 7.76. The summed E-state index contributed by atoms with van der Waals surface area (Å²) in [6.07, 6.45) is 7.08. The van der Waals surface area contributed by atoms with Crippen molar-refractivity contribution in [2.24, 2.45) is 0 Å². The molecule has 194 valence electrons. The van der Waals surface area contributed by atoms with Crippen LogP contribution in [-0.2, 0) is 4.79 Å². The Morgan fingerprint density at radius 2 is 1.86 bits per heavy atom. The van der Waals surface area contributed by atoms with E-state index in [2.05, 4.69) is 27.4 Å². The summed E-state index contributed by atoms with van der Waals surface area (Å²) < 4.78 is 32.5. The maximum atomic E-state index is 13.5. The molecule has 4 rings (SSSR count). The molecular formula is C27H34F2N4O3. The van der Waals surface area contributed by atoms with Crippen molar-refractivity contribution in [2.75, 3.05) is 11.4 Å². The third-order valence-electron chi connectivity index (χ3n) is 6.70. The van der Waals surface area contributed by atoms with Crippen molar-refractivity contribution >= 4 is 17.6 Å². The highest BCUT2D eigenvalue weighted by atomic mass is 19.2. The smallest absolute Gasteiger partial charge is 0.263 e. The first-order valence-corrected chi connectivity index (χ1v) is 12.6. The molecule has 2 unspecified atom stereocenters. The van der Waals surface area contributed by atoms with Crippen molar-refractivity contribution in [1.29, 1.82) is 0 Å². The third-order valence-corrected chi connectivity index (χ3v) is 6.70. The number of amides is 2. The number of piperidine rings is 1. The van der Waals surface area contributed by atoms with E-state index < -0.39 is 17.2 Å². The lowest BCUT2D eigenvalue weighted by molar-refractivity contribution is -0.135. The van der Waals surface area contributed by atoms with E-state index in [4.69, 9.17) is 4.74 Å². The number of anilines is 1. The Balaban J connectivity index is 1.36. The van der Waals surface area contributed by atoms with Gasteiger partial charge in [0.05, 0.1) is 5.56 Å². The van der Waals surface area contributed by atoms with Crippen LogP contribution in [0.1, 0.15) is 69.7 Å². The molecule has 1 saturated heterocycles. The summed E-state index contributed by atoms with van der Waals surface area (Å²) in [5.74, 6) is -1.48. The summed E-state index contributed by atoms with van der Waals surface area (Å²) in [5.41, 5.74) is -0.705. The fourth-order valence-corrected chi connectivity index (χ4v) is 4.52. The van der Waals surface area contributed by atoms with Crippen molar-refractivity contribution in [3.05, 3.63) is 53.7 Å². The van der Waals surface area contributed by atoms with Gasteiger partial charge in [0.25, 0.3) is 11.8 Å². The number of aromatic nitrogens is 1. The van der Waals surface area contributed by atoms with Crippen molar-refractivity contribution < 1.29 is 23.1 Å². The molecule has 36 heavy (non-hydrogen) atoms. The van der Waals surface area contributed by atoms with Crippen LogP contribution in [0, 0.1) is 11.6 Å². The fraction of sp³-hybridized carbons (Fsp3) is 0.519. The monoisotopic (exact) mass is 500 g/mol. The van der Waals surface area contributed by atoms with Gasteiger partial charge in [0.2, 0.25) is 0 Å². The highest BCUT2D eigenvalue weighted by Gasteiger charge is 2.35. The number of ether oxygens (including phenoxy) is 1. The van der Waals surface area contributed by atoms with Gasteiger partial charge >= 0.3 is 0 Å². The number of carbonyl (C=O) groups excluding carboxylic acids is 2. The van der Waals surface area contributed by atoms with E-state index in [1.807, 2.05) is 12.1 Å². The second-order valence-corrected chi connectivity index (χ2v) is 10.2. The van der Waals surface area contributed by atoms with Crippen molar-refractivity contribution in [3.8, 4) is 5.75 Å². The first-order valence-electron chi connectivity index (χ1n) is 12.6. The molecule has 7 nitrogen and oxygen atoms in total. The summed E-state index contributed by atoms with van der Waals surface area (Å²) in [5, 5.41) is 6.06. The Hall–Kier alpha value is -3.23. The molecule has 2 amide bonds. The number of halogens is 2. The largest absolute Gasteiger partial charge is 0.478 e. The van der Waals surface area contributed by atoms with Gasteiger partial charge in [0.15, 0.2) is 17.2 Å². The molecule has 9 heteroatoms. The minimum Gasteiger partial charge on any atom is -0.478 e. The number of carbonyl (C=O) groups is 2. The molecule has 0 bridgehead atoms. The first kappa shape index (κ1) is 25.9. The number of hydrogen-bond acceptors (Lipinski definition) is 5. The molecule has 1 aliphatic carbocycles. The molecule has 2 N–H and O–H groups in total. The Morgan fingerprint density at radius 1 is 1.08 bits per heavy atom. The van der Waals surface area contributed by atoms with Crippen molar-refractivity contribution in [1.82, 2.24) is 15.6 Å². The summed E-state index contributed by atoms with van der Waals surface area (Å²) >= 11 is 0. The number of nitrogens with one attached hydrogen (secondary N) is 2. The maximum Gasteiger partial charge on any atom is 0.263 e. The zero-order valence-corrected chi connectivity index (χ0v) is 21.0. The van der Waals surface area contributed by atoms with Crippen LogP contribution in [0.4, 0.5) is 14.6 Å². The van der Waals surface area contributed by atoms with Gasteiger partial charge in [-0.05, 0) is 70.2 Å². The third kappa shape index (κ3) is 6.30. The van der Waals surface area contributed by atoms with E-state index in [-0.39, 0.29) is 29.6 Å². The molecule has 1 aliphatic heterocycles. The van der Waals surface area contributed by atoms with Gasteiger partial charge in [0, 0.05) is 36.9 Å². The Bertz CT molecular complexity index is 1090. The van der Waals surface area contributed by atoms with Crippen molar-refractivity contribution in [2.45, 2.75) is 83.0 Å². The predicted molar refractivity (Wildman–Crippen MR) is 133 cm³/mol. The highest BCUT2D eigenvalue weighted by Crippen LogP contribution is 2.28. The van der Waals surface area contributed by atoms with E-state index in [1.54, 1.807) is 20.0 Å². The molecule has 1 aromatic carbocycles. The van der Waals surface area contributed by atoms with E-state index in [0.717, 1.165) is 56.5 Å². The Morgan fingerprint density at radius 3 is 2.50 bits per heavy atom. The van der Waals surface area contributed by atoms with Gasteiger partial charge in [0.1, 0.15) is 11.6 Å². The lowest BCUT2D eigenvalue weighted by atomic mass is 9.93. The van der Waals surface area contributed by atoms with Crippen LogP contribution in [0.25, 0.3) is 0 Å². The number of hydrogen-bond donors (Lipinski definition) is 2. The van der Waals surface area contributed by atoms with Gasteiger partial charge in [-0.3, -0.25) is 9.59 Å². The van der Waals surface area contributed by atoms with E-state index in [1.165, 1.54) is 6.07 Å². The number of pyridine rings is 1. The minimum absolute atomic E-state index is 0.0540. The number of nitrogens with zero attached hydrogens (tertiary/aromatic N) is 2. The van der Waals surface area contributed by atoms with E-state index >= 15 is 0 Å². The molecule has 0 spiro atoms. The second kappa shape index (κ2) is 10.8. The first-order chi connectivity index (χ1) is 17.2. The average Bonchev–Trinajstić information content (AvgIpc) is 3.66. The predicted octanol–water partition coefficient (Wildman–Crippen LogP) is 4.36. The number of rotatable bonds is 9. The van der Waals surface area contributed by atoms with Gasteiger partial charge in [-0.2, -0.15) is 0 Å². The summed E-state index contributed by atoms with van der Waals surface area (Å²) in [4.78, 5) is 32.1. The normalized spacial score (nSPS) is 20.1. The highest BCUT2D eigenvalue weighted by molar-refractivity contribution is 5.94. The van der Waals surface area contributed by atoms with Gasteiger partial charge in [-0.1, -0.05) is 13.3 Å². The lowest BCUT2D eigenvalue weighted by Crippen LogP contribution is -2.55. The summed E-state index contributed by atoms with van der Waals surface area (Å²) in [6.45, 7) is 6.04. The zero-order valence-electron chi connectivity index (χ0n) is 21.0. The second-order valence-electron chi connectivity index (χ2n) is 10.2. The van der Waals surface area contributed by atoms with Gasteiger partial charge in [-0.15, -0.1) is 0 Å². The standard InChI is InChI=1S/C27H34F2N4O3/c1-4-5-20-14-19(32-26(35)27(2,3)36-21-9-10-22(28)23(29)15-21)12-13-33(20)24-11-6-17(16-30-24)25(34)31-18-7-8-18/h6,9-11,15-16,18-20H,4-5,7-8,12-14H2,1-3H3,(H,31,34)(H,32,35). The van der Waals surface area contributed by atoms with Crippen molar-refractivity contribution in [3.63, 3.8) is 0 Å². The lowest BCUT2D eigenvalue weighted by Gasteiger charge is -2.41. The maximum absolute atomic E-state index is 13.5. The summed E-state index contributed by atoms with van der Waals surface area (Å²) in [6, 6.07) is 7.35. The topological polar surface area (TPSA) is 83.6 Å². The molecule has 2 aliphatic rings. The quantitative estimate of drug-likeness (QED) is 0.535. The summed E-state index contributed by atoms with van der Waals surface area (Å²) in [7, 11) is 0. The molecule has 1 saturated carbocycles. The average molecular weight is 501 g/mol. The molecule has 2 atom stereocenters. The molecule has 2 heterocycles. The molecule has 2 aromatic rings. The minimum atomic E-state index is -1.26. The fourth-order valence-electron chi connectivity index (χ4n) is 4.52. The van der Waals surface area contributed by atoms with E-state index in [9.17, 15) is 18.4 Å². The van der Waals surface area contributed by atoms with E-state index in [0.29, 0.717) is 18.2 Å². The van der Waals surface area contributed by atoms with Crippen LogP contribution in [0.15, 0.2) is 36.5 Å². The zero-order chi connectivity index (χ0) is 25.9. The van der Waals surface area contributed by atoms with Gasteiger partial charge < -0.3 is 20.3 Å². The molecule has 2 fully saturated rings. The SMILES string of the molecule is CCCC1CC(NC(=O)C(C)(C)Oc2ccc(F)c(F)c2)CCN1c1ccc(C(=O)NC2CC2)cn1. The van der Waals surface area contributed by atoms with Gasteiger partial charge in [-0.25, -0.2) is 13.8 Å². The molecule has 0 radical (unpaired) electrons. The van der Waals surface area contributed by atoms with Crippen LogP contribution in [0.5, 0.6) is 5.75 Å². The molecular weight excluding hydrogens is 466 g/mol. The number of benzene rings is 1.